The number of alkyl halides is 3. The average Bonchev–Trinajstić information content (AvgIpc) is 2.77. The number of non-ortho nitro benzene ring substituents is 1. The summed E-state index contributed by atoms with van der Waals surface area (Å²) in [5.41, 5.74) is -0.451. The summed E-state index contributed by atoms with van der Waals surface area (Å²) in [6.45, 7) is 1.57. The van der Waals surface area contributed by atoms with Crippen molar-refractivity contribution in [3.8, 4) is 0 Å². The van der Waals surface area contributed by atoms with E-state index in [1.807, 2.05) is 0 Å². The van der Waals surface area contributed by atoms with E-state index in [4.69, 9.17) is 0 Å². The van der Waals surface area contributed by atoms with Crippen molar-refractivity contribution in [2.45, 2.75) is 37.4 Å². The second-order valence-corrected chi connectivity index (χ2v) is 9.71. The number of nitro groups is 1. The highest BCUT2D eigenvalue weighted by molar-refractivity contribution is 7.89. The van der Waals surface area contributed by atoms with E-state index < -0.39 is 32.6 Å². The van der Waals surface area contributed by atoms with Crippen LogP contribution in [0.3, 0.4) is 0 Å². The van der Waals surface area contributed by atoms with E-state index in [1.54, 1.807) is 6.92 Å². The molecule has 0 atom stereocenters. The lowest BCUT2D eigenvalue weighted by Crippen LogP contribution is -2.43. The number of aryl methyl sites for hydroxylation is 1. The largest absolute Gasteiger partial charge is 0.416 e. The van der Waals surface area contributed by atoms with E-state index in [-0.39, 0.29) is 49.0 Å². The molecule has 1 amide bonds. The summed E-state index contributed by atoms with van der Waals surface area (Å²) in [6, 6.07) is 8.30. The summed E-state index contributed by atoms with van der Waals surface area (Å²) in [4.78, 5) is 22.7. The van der Waals surface area contributed by atoms with Crippen LogP contribution in [0.2, 0.25) is 0 Å². The predicted molar refractivity (Wildman–Crippen MR) is 113 cm³/mol. The number of sulfonamides is 1. The number of nitrogens with one attached hydrogen (secondary N) is 1. The molecule has 0 spiro atoms. The van der Waals surface area contributed by atoms with Gasteiger partial charge in [0.2, 0.25) is 15.9 Å². The van der Waals surface area contributed by atoms with Crippen molar-refractivity contribution in [3.63, 3.8) is 0 Å². The molecule has 12 heteroatoms. The van der Waals surface area contributed by atoms with Gasteiger partial charge in [0.1, 0.15) is 0 Å². The molecule has 1 heterocycles. The molecule has 178 valence electrons. The molecule has 1 aliphatic heterocycles. The Hall–Kier alpha value is -2.99. The minimum Gasteiger partial charge on any atom is -0.352 e. The molecular weight excluding hydrogens is 463 g/mol. The highest BCUT2D eigenvalue weighted by atomic mass is 32.2. The van der Waals surface area contributed by atoms with Gasteiger partial charge < -0.3 is 5.32 Å². The van der Waals surface area contributed by atoms with E-state index in [0.717, 1.165) is 18.2 Å². The van der Waals surface area contributed by atoms with Gasteiger partial charge in [0.25, 0.3) is 5.69 Å². The van der Waals surface area contributed by atoms with Gasteiger partial charge in [0.15, 0.2) is 0 Å². The van der Waals surface area contributed by atoms with Crippen molar-refractivity contribution in [3.05, 3.63) is 69.3 Å². The number of carbonyl (C=O) groups excluding carboxylic acids is 1. The van der Waals surface area contributed by atoms with Crippen molar-refractivity contribution in [2.75, 3.05) is 13.1 Å². The molecule has 0 unspecified atom stereocenters. The molecular formula is C21H22F3N3O5S. The molecule has 1 N–H and O–H groups in total. The molecule has 3 rings (SSSR count). The number of amides is 1. The first-order valence-electron chi connectivity index (χ1n) is 10.1. The lowest BCUT2D eigenvalue weighted by atomic mass is 9.97. The van der Waals surface area contributed by atoms with Crippen LogP contribution >= 0.6 is 0 Å². The maximum absolute atomic E-state index is 13.0. The number of hydrogen-bond acceptors (Lipinski definition) is 5. The quantitative estimate of drug-likeness (QED) is 0.496. The van der Waals surface area contributed by atoms with Gasteiger partial charge in [-0.1, -0.05) is 18.2 Å². The fourth-order valence-corrected chi connectivity index (χ4v) is 5.38. The molecule has 0 aliphatic carbocycles. The van der Waals surface area contributed by atoms with Crippen LogP contribution in [0.5, 0.6) is 0 Å². The highest BCUT2D eigenvalue weighted by Crippen LogP contribution is 2.30. The third-order valence-corrected chi connectivity index (χ3v) is 7.59. The minimum absolute atomic E-state index is 0.0477. The number of nitrogens with zero attached hydrogens (tertiary/aromatic N) is 2. The Morgan fingerprint density at radius 2 is 1.85 bits per heavy atom. The van der Waals surface area contributed by atoms with E-state index in [9.17, 15) is 36.5 Å². The van der Waals surface area contributed by atoms with Gasteiger partial charge in [0, 0.05) is 37.7 Å². The fraction of sp³-hybridized carbons (Fsp3) is 0.381. The van der Waals surface area contributed by atoms with Gasteiger partial charge in [-0.15, -0.1) is 0 Å². The van der Waals surface area contributed by atoms with Gasteiger partial charge in [-0.3, -0.25) is 14.9 Å². The maximum Gasteiger partial charge on any atom is 0.416 e. The first-order chi connectivity index (χ1) is 15.4. The number of hydrogen-bond donors (Lipinski definition) is 1. The first kappa shape index (κ1) is 24.6. The molecule has 8 nitrogen and oxygen atoms in total. The second kappa shape index (κ2) is 9.48. The average molecular weight is 485 g/mol. The Labute approximate surface area is 188 Å². The van der Waals surface area contributed by atoms with Gasteiger partial charge in [-0.25, -0.2) is 8.42 Å². The summed E-state index contributed by atoms with van der Waals surface area (Å²) in [5, 5.41) is 13.6. The zero-order valence-corrected chi connectivity index (χ0v) is 18.4. The van der Waals surface area contributed by atoms with Crippen molar-refractivity contribution in [1.29, 1.82) is 0 Å². The molecule has 0 radical (unpaired) electrons. The number of benzene rings is 2. The van der Waals surface area contributed by atoms with Crippen LogP contribution in [0.15, 0.2) is 47.4 Å². The highest BCUT2D eigenvalue weighted by Gasteiger charge is 2.34. The Kier molecular flexibility index (Phi) is 7.08. The molecule has 2 aromatic rings. The number of nitro benzene ring substituents is 1. The van der Waals surface area contributed by atoms with Crippen molar-refractivity contribution >= 4 is 21.6 Å². The van der Waals surface area contributed by atoms with Crippen LogP contribution in [0.4, 0.5) is 18.9 Å². The number of halogens is 3. The van der Waals surface area contributed by atoms with E-state index in [2.05, 4.69) is 5.32 Å². The van der Waals surface area contributed by atoms with Crippen LogP contribution in [0.25, 0.3) is 0 Å². The van der Waals surface area contributed by atoms with Crippen LogP contribution < -0.4 is 5.32 Å². The SMILES string of the molecule is Cc1ccc([N+](=O)[O-])cc1S(=O)(=O)N1CCC(C(=O)NCc2cccc(C(F)(F)F)c2)CC1. The Balaban J connectivity index is 1.61. The Bertz CT molecular complexity index is 1160. The summed E-state index contributed by atoms with van der Waals surface area (Å²) >= 11 is 0. The first-order valence-corrected chi connectivity index (χ1v) is 11.5. The smallest absolute Gasteiger partial charge is 0.352 e. The summed E-state index contributed by atoms with van der Waals surface area (Å²) < 4.78 is 65.7. The lowest BCUT2D eigenvalue weighted by molar-refractivity contribution is -0.385. The van der Waals surface area contributed by atoms with Crippen LogP contribution in [-0.2, 0) is 27.5 Å². The number of piperidine rings is 1. The standard InChI is InChI=1S/C21H22F3N3O5S/c1-14-5-6-18(27(29)30)12-19(14)33(31,32)26-9-7-16(8-10-26)20(28)25-13-15-3-2-4-17(11-15)21(22,23)24/h2-6,11-12,16H,7-10,13H2,1H3,(H,25,28). The molecule has 1 saturated heterocycles. The number of carbonyl (C=O) groups is 1. The molecule has 0 saturated carbocycles. The minimum atomic E-state index is -4.48. The van der Waals surface area contributed by atoms with Crippen molar-refractivity contribution in [1.82, 2.24) is 9.62 Å². The van der Waals surface area contributed by atoms with E-state index in [1.165, 1.54) is 28.6 Å². The molecule has 1 fully saturated rings. The zero-order chi connectivity index (χ0) is 24.4. The fourth-order valence-electron chi connectivity index (χ4n) is 3.67. The predicted octanol–water partition coefficient (Wildman–Crippen LogP) is 3.64. The normalized spacial score (nSPS) is 15.9. The molecule has 1 aliphatic rings. The number of rotatable bonds is 6. The van der Waals surface area contributed by atoms with Crippen molar-refractivity contribution < 1.29 is 31.3 Å². The summed E-state index contributed by atoms with van der Waals surface area (Å²) in [7, 11) is -3.98. The van der Waals surface area contributed by atoms with E-state index in [0.29, 0.717) is 11.1 Å². The van der Waals surface area contributed by atoms with Crippen LogP contribution in [-0.4, -0.2) is 36.6 Å². The molecule has 0 aromatic heterocycles. The third-order valence-electron chi connectivity index (χ3n) is 5.55. The molecule has 2 aromatic carbocycles. The maximum atomic E-state index is 13.0. The summed E-state index contributed by atoms with van der Waals surface area (Å²) in [5.74, 6) is -0.857. The van der Waals surface area contributed by atoms with Gasteiger partial charge >= 0.3 is 6.18 Å². The van der Waals surface area contributed by atoms with Gasteiger partial charge in [-0.05, 0) is 43.0 Å². The Morgan fingerprint density at radius 3 is 2.45 bits per heavy atom. The molecule has 33 heavy (non-hydrogen) atoms. The van der Waals surface area contributed by atoms with Crippen molar-refractivity contribution in [2.24, 2.45) is 5.92 Å². The molecule has 0 bridgehead atoms. The van der Waals surface area contributed by atoms with Gasteiger partial charge in [0.05, 0.1) is 15.4 Å². The monoisotopic (exact) mass is 485 g/mol. The lowest BCUT2D eigenvalue weighted by Gasteiger charge is -2.31. The summed E-state index contributed by atoms with van der Waals surface area (Å²) in [6.07, 6.45) is -4.03. The second-order valence-electron chi connectivity index (χ2n) is 7.80. The van der Waals surface area contributed by atoms with Crippen LogP contribution in [0.1, 0.15) is 29.5 Å². The van der Waals surface area contributed by atoms with Gasteiger partial charge in [-0.2, -0.15) is 17.5 Å². The van der Waals surface area contributed by atoms with Crippen LogP contribution in [0, 0.1) is 23.0 Å². The Morgan fingerprint density at radius 1 is 1.18 bits per heavy atom. The topological polar surface area (TPSA) is 110 Å². The zero-order valence-electron chi connectivity index (χ0n) is 17.6. The van der Waals surface area contributed by atoms with E-state index >= 15 is 0 Å². The third kappa shape index (κ3) is 5.69.